The van der Waals surface area contributed by atoms with E-state index in [0.717, 1.165) is 62.1 Å². The van der Waals surface area contributed by atoms with E-state index in [1.807, 2.05) is 34.6 Å². The van der Waals surface area contributed by atoms with Crippen LogP contribution in [0.4, 0.5) is 0 Å². The maximum absolute atomic E-state index is 12.4. The fraction of sp³-hybridized carbons (Fsp3) is 0.812. The van der Waals surface area contributed by atoms with Gasteiger partial charge in [0.1, 0.15) is 0 Å². The van der Waals surface area contributed by atoms with Gasteiger partial charge >= 0.3 is 0 Å². The number of nitrogens with one attached hydrogen (secondary N) is 2. The minimum absolute atomic E-state index is 0.0000476. The second-order valence-corrected chi connectivity index (χ2v) is 18.0. The second-order valence-electron chi connectivity index (χ2n) is 18.0. The summed E-state index contributed by atoms with van der Waals surface area (Å²) in [4.78, 5) is 36.7. The predicted octanol–water partition coefficient (Wildman–Crippen LogP) is 11.3. The number of allylic oxidation sites excluding steroid dienone is 1. The van der Waals surface area contributed by atoms with Crippen LogP contribution in [0.25, 0.3) is 0 Å². The minimum atomic E-state index is -0.772. The number of nitrogens with zero attached hydrogens (tertiary/aromatic N) is 1. The molecule has 1 aliphatic heterocycles. The number of ketones is 2. The van der Waals surface area contributed by atoms with Crippen molar-refractivity contribution in [2.75, 3.05) is 13.1 Å². The molecule has 5 rings (SSSR count). The number of Topliss-reactive ketones (excluding diaryl/α,β-unsaturated/α-hetero) is 2. The fourth-order valence-corrected chi connectivity index (χ4v) is 8.51. The van der Waals surface area contributed by atoms with E-state index in [4.69, 9.17) is 5.73 Å². The summed E-state index contributed by atoms with van der Waals surface area (Å²) in [5.74, 6) is 3.74. The summed E-state index contributed by atoms with van der Waals surface area (Å²) in [6.45, 7) is 35.5. The molecule has 5 aliphatic rings. The molecule has 4 saturated carbocycles. The van der Waals surface area contributed by atoms with E-state index >= 15 is 0 Å². The molecule has 4 N–H and O–H groups in total. The number of primary amides is 1. The molecule has 0 aromatic heterocycles. The van der Waals surface area contributed by atoms with Gasteiger partial charge in [0.15, 0.2) is 5.78 Å². The Kier molecular flexibility index (Phi) is 24.2. The Morgan fingerprint density at radius 3 is 1.85 bits per heavy atom. The molecule has 0 bridgehead atoms. The number of carbonyl (C=O) groups is 3. The number of carbonyl (C=O) groups excluding carboxylic acids is 3. The van der Waals surface area contributed by atoms with Crippen molar-refractivity contribution < 1.29 is 14.4 Å². The van der Waals surface area contributed by atoms with Crippen LogP contribution in [0.5, 0.6) is 0 Å². The Morgan fingerprint density at radius 2 is 1.44 bits per heavy atom. The topological polar surface area (TPSA) is 105 Å². The molecular weight excluding hydrogens is 681 g/mol. The lowest BCUT2D eigenvalue weighted by Gasteiger charge is -2.40. The van der Waals surface area contributed by atoms with Gasteiger partial charge in [-0.2, -0.15) is 0 Å². The van der Waals surface area contributed by atoms with Gasteiger partial charge in [0.25, 0.3) is 5.91 Å². The molecule has 5 fully saturated rings. The van der Waals surface area contributed by atoms with Crippen molar-refractivity contribution in [1.29, 1.82) is 0 Å². The first-order valence-electron chi connectivity index (χ1n) is 22.8. The molecular formula is C48H88N4O3. The Hall–Kier alpha value is -2.57. The summed E-state index contributed by atoms with van der Waals surface area (Å²) in [7, 11) is 0. The zero-order valence-corrected chi connectivity index (χ0v) is 37.6. The van der Waals surface area contributed by atoms with Gasteiger partial charge in [-0.1, -0.05) is 152 Å². The molecule has 0 aromatic rings. The second kappa shape index (κ2) is 26.4. The zero-order valence-electron chi connectivity index (χ0n) is 37.6. The van der Waals surface area contributed by atoms with Crippen molar-refractivity contribution in [2.45, 2.75) is 197 Å². The first kappa shape index (κ1) is 50.4. The molecule has 55 heavy (non-hydrogen) atoms. The van der Waals surface area contributed by atoms with E-state index in [-0.39, 0.29) is 35.0 Å². The number of rotatable bonds is 19. The SMILES string of the molecule is C=C(CCCNC(=C)NC(C(=C)N1C[C@@H]2CC[C@@H]2C1C(C)=O)C(C)(C)C)CCCC1CC1.CC.CC.CC1CCCC1.CCC(CC1CCC1)C(=O)C(N)=O. The lowest BCUT2D eigenvalue weighted by molar-refractivity contribution is -0.139. The molecule has 7 heteroatoms. The monoisotopic (exact) mass is 769 g/mol. The average Bonchev–Trinajstić information content (AvgIpc) is 3.75. The van der Waals surface area contributed by atoms with Crippen molar-refractivity contribution in [1.82, 2.24) is 15.5 Å². The van der Waals surface area contributed by atoms with Crippen LogP contribution in [0.3, 0.4) is 0 Å². The summed E-state index contributed by atoms with van der Waals surface area (Å²) in [5.41, 5.74) is 7.33. The number of amides is 1. The Labute approximate surface area is 340 Å². The average molecular weight is 769 g/mol. The van der Waals surface area contributed by atoms with E-state index in [1.165, 1.54) is 95.5 Å². The molecule has 7 nitrogen and oxygen atoms in total. The lowest BCUT2D eigenvalue weighted by Crippen LogP contribution is -2.50. The zero-order chi connectivity index (χ0) is 41.7. The number of fused-ring (bicyclic) bond motifs is 1. The largest absolute Gasteiger partial charge is 0.372 e. The Balaban J connectivity index is 0.000000536. The van der Waals surface area contributed by atoms with Crippen LogP contribution in [0.15, 0.2) is 36.8 Å². The standard InChI is InChI=1S/C28H47N3O.C10H17NO2.C6H12.2C2H6/c1-19(10-8-12-23-13-14-23)11-9-17-29-22(4)30-27(28(5,6)7)20(2)31-18-24-15-16-25(24)26(31)21(3)32;1-2-8(9(12)10(11)13)6-7-4-3-5-7;1-6-4-2-3-5-6;2*1-2/h23-27,29-30H,1-2,4,8-18H2,3,5-7H3;7-8H,2-6H2,1H3,(H2,11,13);6H,2-5H2,1H3;2*1-2H3/t24-,25-,26?,27?;;;;/m0..../s1. The summed E-state index contributed by atoms with van der Waals surface area (Å²) in [6, 6.07) is 0.0271. The molecule has 4 aliphatic carbocycles. The molecule has 5 atom stereocenters. The van der Waals surface area contributed by atoms with Crippen LogP contribution in [0.1, 0.15) is 185 Å². The third-order valence-electron chi connectivity index (χ3n) is 12.4. The van der Waals surface area contributed by atoms with Gasteiger partial charge in [-0.15, -0.1) is 0 Å². The lowest BCUT2D eigenvalue weighted by atomic mass is 9.72. The van der Waals surface area contributed by atoms with Crippen molar-refractivity contribution >= 4 is 17.5 Å². The minimum Gasteiger partial charge on any atom is -0.372 e. The molecule has 318 valence electrons. The van der Waals surface area contributed by atoms with E-state index in [0.29, 0.717) is 17.8 Å². The normalized spacial score (nSPS) is 22.4. The van der Waals surface area contributed by atoms with Crippen molar-refractivity contribution in [2.24, 2.45) is 46.7 Å². The maximum Gasteiger partial charge on any atom is 0.285 e. The smallest absolute Gasteiger partial charge is 0.285 e. The number of hydrogen-bond donors (Lipinski definition) is 3. The quantitative estimate of drug-likeness (QED) is 0.0687. The fourth-order valence-electron chi connectivity index (χ4n) is 8.51. The molecule has 1 heterocycles. The van der Waals surface area contributed by atoms with Gasteiger partial charge in [-0.25, -0.2) is 0 Å². The molecule has 0 radical (unpaired) electrons. The number of hydrogen-bond acceptors (Lipinski definition) is 6. The highest BCUT2D eigenvalue weighted by Gasteiger charge is 2.50. The number of likely N-dealkylation sites (tertiary alicyclic amines) is 1. The summed E-state index contributed by atoms with van der Waals surface area (Å²) in [5, 5.41) is 7.07. The van der Waals surface area contributed by atoms with Gasteiger partial charge in [0, 0.05) is 24.7 Å². The molecule has 0 aromatic carbocycles. The van der Waals surface area contributed by atoms with E-state index < -0.39 is 5.91 Å². The number of nitrogens with two attached hydrogens (primary N) is 1. The Morgan fingerprint density at radius 1 is 0.836 bits per heavy atom. The highest BCUT2D eigenvalue weighted by atomic mass is 16.2. The van der Waals surface area contributed by atoms with Crippen molar-refractivity contribution in [3.63, 3.8) is 0 Å². The molecule has 3 unspecified atom stereocenters. The third kappa shape index (κ3) is 18.1. The van der Waals surface area contributed by atoms with E-state index in [2.05, 4.69) is 63.0 Å². The van der Waals surface area contributed by atoms with Gasteiger partial charge in [-0.05, 0) is 93.3 Å². The highest BCUT2D eigenvalue weighted by molar-refractivity contribution is 6.36. The molecule has 0 spiro atoms. The first-order valence-corrected chi connectivity index (χ1v) is 22.8. The van der Waals surface area contributed by atoms with Gasteiger partial charge in [-0.3, -0.25) is 14.4 Å². The van der Waals surface area contributed by atoms with Crippen LogP contribution < -0.4 is 16.4 Å². The summed E-state index contributed by atoms with van der Waals surface area (Å²) < 4.78 is 0. The maximum atomic E-state index is 12.4. The van der Waals surface area contributed by atoms with Crippen molar-refractivity contribution in [3.8, 4) is 0 Å². The third-order valence-corrected chi connectivity index (χ3v) is 12.4. The van der Waals surface area contributed by atoms with Gasteiger partial charge < -0.3 is 21.3 Å². The first-order chi connectivity index (χ1) is 26.1. The van der Waals surface area contributed by atoms with Crippen LogP contribution in [0.2, 0.25) is 0 Å². The molecule has 1 amide bonds. The Bertz CT molecular complexity index is 1170. The highest BCUT2D eigenvalue weighted by Crippen LogP contribution is 2.47. The van der Waals surface area contributed by atoms with E-state index in [1.54, 1.807) is 6.92 Å². The van der Waals surface area contributed by atoms with Gasteiger partial charge in [0.05, 0.1) is 17.9 Å². The van der Waals surface area contributed by atoms with Gasteiger partial charge in [0.2, 0.25) is 5.78 Å². The summed E-state index contributed by atoms with van der Waals surface area (Å²) >= 11 is 0. The van der Waals surface area contributed by atoms with Crippen LogP contribution in [0, 0.1) is 40.9 Å². The van der Waals surface area contributed by atoms with Crippen LogP contribution >= 0.6 is 0 Å². The van der Waals surface area contributed by atoms with Crippen LogP contribution in [-0.2, 0) is 14.4 Å². The predicted molar refractivity (Wildman–Crippen MR) is 235 cm³/mol. The summed E-state index contributed by atoms with van der Waals surface area (Å²) in [6.07, 6.45) is 22.6. The van der Waals surface area contributed by atoms with Crippen molar-refractivity contribution in [3.05, 3.63) is 36.8 Å². The molecule has 1 saturated heterocycles. The van der Waals surface area contributed by atoms with Crippen LogP contribution in [-0.4, -0.2) is 47.5 Å². The van der Waals surface area contributed by atoms with E-state index in [9.17, 15) is 14.4 Å².